The Morgan fingerprint density at radius 1 is 1.16 bits per heavy atom. The summed E-state index contributed by atoms with van der Waals surface area (Å²) in [5.41, 5.74) is 2.86. The molecule has 2 aromatic rings. The average Bonchev–Trinajstić information content (AvgIpc) is 3.12. The number of benzene rings is 1. The van der Waals surface area contributed by atoms with Gasteiger partial charge < -0.3 is 10.1 Å². The molecule has 1 aliphatic heterocycles. The van der Waals surface area contributed by atoms with E-state index in [1.165, 1.54) is 28.9 Å². The molecule has 8 heteroatoms. The fourth-order valence-corrected chi connectivity index (χ4v) is 6.02. The molecular formula is C24H30ClN3O3S. The van der Waals surface area contributed by atoms with Crippen molar-refractivity contribution in [3.8, 4) is 0 Å². The van der Waals surface area contributed by atoms with Gasteiger partial charge in [0.25, 0.3) is 0 Å². The fraction of sp³-hybridized carbons (Fsp3) is 0.500. The van der Waals surface area contributed by atoms with E-state index in [4.69, 9.17) is 16.3 Å². The van der Waals surface area contributed by atoms with Gasteiger partial charge >= 0.3 is 5.97 Å². The van der Waals surface area contributed by atoms with Gasteiger partial charge in [-0.2, -0.15) is 0 Å². The van der Waals surface area contributed by atoms with Crippen LogP contribution in [0.5, 0.6) is 0 Å². The van der Waals surface area contributed by atoms with E-state index >= 15 is 0 Å². The van der Waals surface area contributed by atoms with Crippen molar-refractivity contribution in [2.45, 2.75) is 32.7 Å². The number of piperazine rings is 1. The number of carbonyl (C=O) groups excluding carboxylic acids is 2. The van der Waals surface area contributed by atoms with Crippen molar-refractivity contribution in [2.24, 2.45) is 5.92 Å². The van der Waals surface area contributed by atoms with Gasteiger partial charge in [0.2, 0.25) is 5.91 Å². The molecule has 1 N–H and O–H groups in total. The van der Waals surface area contributed by atoms with Crippen LogP contribution in [0.15, 0.2) is 24.3 Å². The van der Waals surface area contributed by atoms with E-state index in [0.717, 1.165) is 62.6 Å². The predicted molar refractivity (Wildman–Crippen MR) is 129 cm³/mol. The van der Waals surface area contributed by atoms with Gasteiger partial charge in [-0.1, -0.05) is 30.7 Å². The summed E-state index contributed by atoms with van der Waals surface area (Å²) in [4.78, 5) is 31.0. The summed E-state index contributed by atoms with van der Waals surface area (Å²) in [6.07, 6.45) is 2.87. The number of nitrogens with one attached hydrogen (secondary N) is 1. The second-order valence-corrected chi connectivity index (χ2v) is 10.3. The van der Waals surface area contributed by atoms with Crippen molar-refractivity contribution in [3.63, 3.8) is 0 Å². The maximum Gasteiger partial charge on any atom is 0.341 e. The van der Waals surface area contributed by atoms with E-state index in [1.54, 1.807) is 0 Å². The fourth-order valence-electron chi connectivity index (χ4n) is 4.48. The molecule has 0 saturated carbocycles. The predicted octanol–water partition coefficient (Wildman–Crippen LogP) is 4.07. The number of rotatable bonds is 6. The van der Waals surface area contributed by atoms with Gasteiger partial charge in [-0.15, -0.1) is 11.3 Å². The third kappa shape index (κ3) is 5.52. The number of carbonyl (C=O) groups is 2. The van der Waals surface area contributed by atoms with Gasteiger partial charge in [-0.3, -0.25) is 14.6 Å². The van der Waals surface area contributed by atoms with Crippen LogP contribution in [-0.4, -0.2) is 61.5 Å². The summed E-state index contributed by atoms with van der Waals surface area (Å²) in [6, 6.07) is 7.96. The molecule has 0 radical (unpaired) electrons. The second kappa shape index (κ2) is 10.3. The highest BCUT2D eigenvalue weighted by Gasteiger charge is 2.29. The Morgan fingerprint density at radius 3 is 2.53 bits per heavy atom. The molecule has 1 saturated heterocycles. The van der Waals surface area contributed by atoms with Crippen molar-refractivity contribution < 1.29 is 14.3 Å². The van der Waals surface area contributed by atoms with E-state index in [2.05, 4.69) is 34.2 Å². The normalized spacial score (nSPS) is 19.4. The number of halogens is 1. The van der Waals surface area contributed by atoms with Gasteiger partial charge in [0.15, 0.2) is 0 Å². The number of thiophene rings is 1. The van der Waals surface area contributed by atoms with E-state index in [9.17, 15) is 9.59 Å². The van der Waals surface area contributed by atoms with Crippen molar-refractivity contribution in [1.29, 1.82) is 0 Å². The largest absolute Gasteiger partial charge is 0.465 e. The van der Waals surface area contributed by atoms with Gasteiger partial charge in [0, 0.05) is 42.6 Å². The van der Waals surface area contributed by atoms with Crippen molar-refractivity contribution in [2.75, 3.05) is 45.2 Å². The molecule has 1 amide bonds. The third-order valence-electron chi connectivity index (χ3n) is 6.31. The molecule has 2 aliphatic rings. The molecule has 1 aromatic heterocycles. The molecule has 1 unspecified atom stereocenters. The van der Waals surface area contributed by atoms with Crippen molar-refractivity contribution >= 4 is 39.8 Å². The second-order valence-electron chi connectivity index (χ2n) is 8.77. The SMILES string of the molecule is COC(=O)c1c(NC(=O)CN2CCN(Cc3ccc(Cl)cc3)CC2)sc2c1CCC(C)C2. The number of hydrogen-bond acceptors (Lipinski definition) is 6. The smallest absolute Gasteiger partial charge is 0.341 e. The van der Waals surface area contributed by atoms with Crippen LogP contribution in [0.3, 0.4) is 0 Å². The summed E-state index contributed by atoms with van der Waals surface area (Å²) in [6.45, 7) is 6.94. The maximum absolute atomic E-state index is 12.8. The highest BCUT2D eigenvalue weighted by Crippen LogP contribution is 2.40. The lowest BCUT2D eigenvalue weighted by Crippen LogP contribution is -2.48. The minimum absolute atomic E-state index is 0.0760. The monoisotopic (exact) mass is 475 g/mol. The number of anilines is 1. The molecule has 32 heavy (non-hydrogen) atoms. The first-order valence-corrected chi connectivity index (χ1v) is 12.3. The lowest BCUT2D eigenvalue weighted by molar-refractivity contribution is -0.117. The lowest BCUT2D eigenvalue weighted by atomic mass is 9.88. The molecule has 1 fully saturated rings. The number of methoxy groups -OCH3 is 1. The average molecular weight is 476 g/mol. The summed E-state index contributed by atoms with van der Waals surface area (Å²) in [5, 5.41) is 4.40. The molecular weight excluding hydrogens is 446 g/mol. The van der Waals surface area contributed by atoms with Crippen LogP contribution in [0.4, 0.5) is 5.00 Å². The number of hydrogen-bond donors (Lipinski definition) is 1. The maximum atomic E-state index is 12.8. The first kappa shape index (κ1) is 23.2. The third-order valence-corrected chi connectivity index (χ3v) is 7.73. The zero-order valence-electron chi connectivity index (χ0n) is 18.7. The molecule has 0 bridgehead atoms. The number of nitrogens with zero attached hydrogens (tertiary/aromatic N) is 2. The Hall–Kier alpha value is -1.93. The van der Waals surface area contributed by atoms with Crippen LogP contribution < -0.4 is 5.32 Å². The summed E-state index contributed by atoms with van der Waals surface area (Å²) < 4.78 is 5.02. The zero-order valence-corrected chi connectivity index (χ0v) is 20.2. The number of fused-ring (bicyclic) bond motifs is 1. The standard InChI is InChI=1S/C24H30ClN3O3S/c1-16-3-8-19-20(13-16)32-23(22(19)24(30)31-2)26-21(29)15-28-11-9-27(10-12-28)14-17-4-6-18(25)7-5-17/h4-7,16H,3,8-15H2,1-2H3,(H,26,29). The van der Waals surface area contributed by atoms with Gasteiger partial charge in [-0.25, -0.2) is 4.79 Å². The van der Waals surface area contributed by atoms with Gasteiger partial charge in [0.05, 0.1) is 19.2 Å². The summed E-state index contributed by atoms with van der Waals surface area (Å²) in [5.74, 6) is 0.162. The molecule has 1 aromatic carbocycles. The van der Waals surface area contributed by atoms with Crippen LogP contribution in [-0.2, 0) is 28.9 Å². The van der Waals surface area contributed by atoms with Crippen LogP contribution in [0.2, 0.25) is 5.02 Å². The van der Waals surface area contributed by atoms with Crippen LogP contribution in [0.25, 0.3) is 0 Å². The van der Waals surface area contributed by atoms with E-state index in [1.807, 2.05) is 12.1 Å². The van der Waals surface area contributed by atoms with E-state index in [0.29, 0.717) is 23.0 Å². The van der Waals surface area contributed by atoms with Crippen LogP contribution in [0, 0.1) is 5.92 Å². The van der Waals surface area contributed by atoms with Gasteiger partial charge in [0.1, 0.15) is 5.00 Å². The van der Waals surface area contributed by atoms with Crippen molar-refractivity contribution in [3.05, 3.63) is 50.9 Å². The molecule has 2 heterocycles. The van der Waals surface area contributed by atoms with Gasteiger partial charge in [-0.05, 0) is 48.4 Å². The minimum atomic E-state index is -0.358. The summed E-state index contributed by atoms with van der Waals surface area (Å²) in [7, 11) is 1.40. The van der Waals surface area contributed by atoms with E-state index in [-0.39, 0.29) is 11.9 Å². The molecule has 4 rings (SSSR count). The lowest BCUT2D eigenvalue weighted by Gasteiger charge is -2.34. The number of ether oxygens (including phenoxy) is 1. The molecule has 0 spiro atoms. The minimum Gasteiger partial charge on any atom is -0.465 e. The van der Waals surface area contributed by atoms with Crippen LogP contribution in [0.1, 0.15) is 39.7 Å². The number of esters is 1. The molecule has 172 valence electrons. The first-order valence-electron chi connectivity index (χ1n) is 11.1. The topological polar surface area (TPSA) is 61.9 Å². The molecule has 1 aliphatic carbocycles. The van der Waals surface area contributed by atoms with E-state index < -0.39 is 0 Å². The Labute approximate surface area is 198 Å². The Bertz CT molecular complexity index is 968. The zero-order chi connectivity index (χ0) is 22.7. The van der Waals surface area contributed by atoms with Crippen molar-refractivity contribution in [1.82, 2.24) is 9.80 Å². The number of amides is 1. The Balaban J connectivity index is 1.32. The highest BCUT2D eigenvalue weighted by molar-refractivity contribution is 7.17. The Kier molecular flexibility index (Phi) is 7.51. The quantitative estimate of drug-likeness (QED) is 0.638. The highest BCUT2D eigenvalue weighted by atomic mass is 35.5. The van der Waals surface area contributed by atoms with Crippen LogP contribution >= 0.6 is 22.9 Å². The Morgan fingerprint density at radius 2 is 1.84 bits per heavy atom. The molecule has 6 nitrogen and oxygen atoms in total. The first-order chi connectivity index (χ1) is 15.4. The molecule has 1 atom stereocenters. The summed E-state index contributed by atoms with van der Waals surface area (Å²) >= 11 is 7.50.